The number of halogens is 1. The maximum Gasteiger partial charge on any atom is 0.326 e. The van der Waals surface area contributed by atoms with Crippen molar-refractivity contribution < 1.29 is 14.7 Å². The van der Waals surface area contributed by atoms with Crippen LogP contribution in [0, 0.1) is 0 Å². The van der Waals surface area contributed by atoms with Gasteiger partial charge in [-0.05, 0) is 52.9 Å². The molecule has 1 aliphatic heterocycles. The number of carboxylic acid groups (broad SMARTS) is 1. The molecule has 20 heavy (non-hydrogen) atoms. The van der Waals surface area contributed by atoms with E-state index in [0.717, 1.165) is 22.9 Å². The summed E-state index contributed by atoms with van der Waals surface area (Å²) < 4.78 is 0.786. The minimum Gasteiger partial charge on any atom is -0.480 e. The summed E-state index contributed by atoms with van der Waals surface area (Å²) >= 11 is 3.39. The first kappa shape index (κ1) is 14.8. The van der Waals surface area contributed by atoms with E-state index in [0.29, 0.717) is 18.7 Å². The Balaban J connectivity index is 2.13. The lowest BCUT2D eigenvalue weighted by Crippen LogP contribution is -2.42. The number of hydrogen-bond acceptors (Lipinski definition) is 2. The van der Waals surface area contributed by atoms with E-state index in [4.69, 9.17) is 5.11 Å². The Morgan fingerprint density at radius 2 is 2.25 bits per heavy atom. The van der Waals surface area contributed by atoms with Crippen LogP contribution in [-0.2, 0) is 11.2 Å². The maximum absolute atomic E-state index is 12.2. The van der Waals surface area contributed by atoms with Crippen LogP contribution in [0.3, 0.4) is 0 Å². The zero-order valence-electron chi connectivity index (χ0n) is 11.2. The molecule has 1 aromatic rings. The summed E-state index contributed by atoms with van der Waals surface area (Å²) in [5, 5.41) is 11.9. The maximum atomic E-state index is 12.2. The topological polar surface area (TPSA) is 69.6 Å². The van der Waals surface area contributed by atoms with E-state index in [1.165, 1.54) is 4.90 Å². The van der Waals surface area contributed by atoms with Gasteiger partial charge in [0.25, 0.3) is 0 Å². The van der Waals surface area contributed by atoms with Crippen molar-refractivity contribution in [2.24, 2.45) is 0 Å². The summed E-state index contributed by atoms with van der Waals surface area (Å²) in [4.78, 5) is 24.7. The summed E-state index contributed by atoms with van der Waals surface area (Å²) in [7, 11) is 0. The van der Waals surface area contributed by atoms with Crippen molar-refractivity contribution in [2.75, 3.05) is 11.9 Å². The van der Waals surface area contributed by atoms with Gasteiger partial charge in [-0.1, -0.05) is 13.0 Å². The molecule has 0 bridgehead atoms. The fraction of sp³-hybridized carbons (Fsp3) is 0.429. The molecule has 0 saturated carbocycles. The highest BCUT2D eigenvalue weighted by Gasteiger charge is 2.34. The normalized spacial score (nSPS) is 18.1. The molecule has 6 heteroatoms. The second-order valence-corrected chi connectivity index (χ2v) is 5.64. The summed E-state index contributed by atoms with van der Waals surface area (Å²) in [6.45, 7) is 2.52. The highest BCUT2D eigenvalue weighted by Crippen LogP contribution is 2.25. The van der Waals surface area contributed by atoms with E-state index in [1.807, 2.05) is 25.1 Å². The number of aryl methyl sites for hydroxylation is 1. The highest BCUT2D eigenvalue weighted by molar-refractivity contribution is 9.10. The van der Waals surface area contributed by atoms with Crippen LogP contribution in [0.1, 0.15) is 25.3 Å². The number of aliphatic carboxylic acids is 1. The van der Waals surface area contributed by atoms with Crippen LogP contribution >= 0.6 is 15.9 Å². The second-order valence-electron chi connectivity index (χ2n) is 4.79. The third kappa shape index (κ3) is 3.12. The Morgan fingerprint density at radius 1 is 1.50 bits per heavy atom. The number of likely N-dealkylation sites (tertiary alicyclic amines) is 1. The molecular formula is C14H17BrN2O3. The first-order valence-electron chi connectivity index (χ1n) is 6.61. The molecular weight excluding hydrogens is 324 g/mol. The molecule has 1 heterocycles. The van der Waals surface area contributed by atoms with Crippen molar-refractivity contribution in [3.63, 3.8) is 0 Å². The van der Waals surface area contributed by atoms with Crippen LogP contribution in [0.25, 0.3) is 0 Å². The van der Waals surface area contributed by atoms with Gasteiger partial charge in [0.1, 0.15) is 6.04 Å². The lowest BCUT2D eigenvalue weighted by Gasteiger charge is -2.22. The first-order valence-corrected chi connectivity index (χ1v) is 7.41. The Kier molecular flexibility index (Phi) is 4.65. The molecule has 108 valence electrons. The molecule has 1 saturated heterocycles. The molecule has 1 atom stereocenters. The van der Waals surface area contributed by atoms with E-state index in [1.54, 1.807) is 0 Å². The molecule has 0 aliphatic carbocycles. The lowest BCUT2D eigenvalue weighted by atomic mass is 10.1. The summed E-state index contributed by atoms with van der Waals surface area (Å²) in [6.07, 6.45) is 2.11. The van der Waals surface area contributed by atoms with Crippen LogP contribution in [0.5, 0.6) is 0 Å². The lowest BCUT2D eigenvalue weighted by molar-refractivity contribution is -0.141. The number of carbonyl (C=O) groups is 2. The number of hydrogen-bond donors (Lipinski definition) is 2. The third-order valence-corrected chi connectivity index (χ3v) is 4.17. The number of nitrogens with one attached hydrogen (secondary N) is 1. The number of benzene rings is 1. The van der Waals surface area contributed by atoms with Crippen molar-refractivity contribution in [2.45, 2.75) is 32.2 Å². The minimum absolute atomic E-state index is 0.358. The molecule has 0 aromatic heterocycles. The quantitative estimate of drug-likeness (QED) is 0.888. The standard InChI is InChI=1S/C14H17BrN2O3/c1-2-9-5-6-10(15)11(8-9)16-14(20)17-7-3-4-12(17)13(18)19/h5-6,8,12H,2-4,7H2,1H3,(H,16,20)(H,18,19)/t12-/m1/s1. The van der Waals surface area contributed by atoms with Gasteiger partial charge in [0, 0.05) is 11.0 Å². The molecule has 2 rings (SSSR count). The van der Waals surface area contributed by atoms with Crippen LogP contribution in [0.2, 0.25) is 0 Å². The van der Waals surface area contributed by atoms with Crippen LogP contribution < -0.4 is 5.32 Å². The van der Waals surface area contributed by atoms with Crippen LogP contribution in [0.15, 0.2) is 22.7 Å². The highest BCUT2D eigenvalue weighted by atomic mass is 79.9. The molecule has 1 fully saturated rings. The smallest absolute Gasteiger partial charge is 0.326 e. The summed E-state index contributed by atoms with van der Waals surface area (Å²) in [5.74, 6) is -0.945. The number of anilines is 1. The van der Waals surface area contributed by atoms with Crippen molar-refractivity contribution in [3.8, 4) is 0 Å². The molecule has 0 unspecified atom stereocenters. The van der Waals surface area contributed by atoms with E-state index < -0.39 is 12.0 Å². The van der Waals surface area contributed by atoms with Gasteiger partial charge in [0.05, 0.1) is 5.69 Å². The summed E-state index contributed by atoms with van der Waals surface area (Å²) in [5.41, 5.74) is 1.78. The number of carboxylic acids is 1. The van der Waals surface area contributed by atoms with Gasteiger partial charge in [0.15, 0.2) is 0 Å². The molecule has 0 radical (unpaired) electrons. The number of rotatable bonds is 3. The van der Waals surface area contributed by atoms with Crippen molar-refractivity contribution >= 4 is 33.6 Å². The fourth-order valence-electron chi connectivity index (χ4n) is 2.34. The van der Waals surface area contributed by atoms with Gasteiger partial charge in [-0.15, -0.1) is 0 Å². The third-order valence-electron chi connectivity index (χ3n) is 3.48. The monoisotopic (exact) mass is 340 g/mol. The van der Waals surface area contributed by atoms with E-state index in [9.17, 15) is 9.59 Å². The van der Waals surface area contributed by atoms with Crippen LogP contribution in [-0.4, -0.2) is 34.6 Å². The van der Waals surface area contributed by atoms with Crippen molar-refractivity contribution in [1.29, 1.82) is 0 Å². The Hall–Kier alpha value is -1.56. The van der Waals surface area contributed by atoms with E-state index in [2.05, 4.69) is 21.2 Å². The largest absolute Gasteiger partial charge is 0.480 e. The minimum atomic E-state index is -0.945. The molecule has 1 aliphatic rings. The zero-order chi connectivity index (χ0) is 14.7. The van der Waals surface area contributed by atoms with Crippen molar-refractivity contribution in [1.82, 2.24) is 4.90 Å². The van der Waals surface area contributed by atoms with Gasteiger partial charge in [0.2, 0.25) is 0 Å². The predicted molar refractivity (Wildman–Crippen MR) is 79.9 cm³/mol. The van der Waals surface area contributed by atoms with E-state index in [-0.39, 0.29) is 6.03 Å². The average molecular weight is 341 g/mol. The SMILES string of the molecule is CCc1ccc(Br)c(NC(=O)N2CCC[C@@H]2C(=O)O)c1. The Morgan fingerprint density at radius 3 is 2.90 bits per heavy atom. The number of urea groups is 1. The van der Waals surface area contributed by atoms with Crippen molar-refractivity contribution in [3.05, 3.63) is 28.2 Å². The van der Waals surface area contributed by atoms with Gasteiger partial charge in [-0.25, -0.2) is 9.59 Å². The van der Waals surface area contributed by atoms with Gasteiger partial charge < -0.3 is 15.3 Å². The molecule has 0 spiro atoms. The van der Waals surface area contributed by atoms with Gasteiger partial charge >= 0.3 is 12.0 Å². The first-order chi connectivity index (χ1) is 9.52. The number of carbonyl (C=O) groups excluding carboxylic acids is 1. The molecule has 5 nitrogen and oxygen atoms in total. The zero-order valence-corrected chi connectivity index (χ0v) is 12.8. The summed E-state index contributed by atoms with van der Waals surface area (Å²) in [6, 6.07) is 4.68. The fourth-order valence-corrected chi connectivity index (χ4v) is 2.69. The van der Waals surface area contributed by atoms with Crippen LogP contribution in [0.4, 0.5) is 10.5 Å². The Labute approximate surface area is 126 Å². The van der Waals surface area contributed by atoms with Gasteiger partial charge in [-0.2, -0.15) is 0 Å². The predicted octanol–water partition coefficient (Wildman–Crippen LogP) is 3.09. The van der Waals surface area contributed by atoms with E-state index >= 15 is 0 Å². The second kappa shape index (κ2) is 6.26. The molecule has 2 amide bonds. The molecule has 2 N–H and O–H groups in total. The Bertz CT molecular complexity index is 533. The van der Waals surface area contributed by atoms with Gasteiger partial charge in [-0.3, -0.25) is 0 Å². The number of nitrogens with zero attached hydrogens (tertiary/aromatic N) is 1. The molecule has 1 aromatic carbocycles. The average Bonchev–Trinajstić information content (AvgIpc) is 2.90. The number of amides is 2.